The van der Waals surface area contributed by atoms with E-state index in [2.05, 4.69) is 63.2 Å². The van der Waals surface area contributed by atoms with Crippen molar-refractivity contribution in [3.05, 3.63) is 64.7 Å². The minimum Gasteiger partial charge on any atom is -0.392 e. The second kappa shape index (κ2) is 6.96. The summed E-state index contributed by atoms with van der Waals surface area (Å²) in [4.78, 5) is 1.22. The van der Waals surface area contributed by atoms with Crippen LogP contribution in [-0.2, 0) is 6.42 Å². The summed E-state index contributed by atoms with van der Waals surface area (Å²) in [5.74, 6) is 0.732. The van der Waals surface area contributed by atoms with E-state index in [4.69, 9.17) is 0 Å². The zero-order valence-corrected chi connectivity index (χ0v) is 13.2. The number of hydrogen-bond acceptors (Lipinski definition) is 2. The Balaban J connectivity index is 1.87. The van der Waals surface area contributed by atoms with Crippen molar-refractivity contribution >= 4 is 11.8 Å². The van der Waals surface area contributed by atoms with Crippen molar-refractivity contribution in [2.45, 2.75) is 38.2 Å². The monoisotopic (exact) mass is 286 g/mol. The summed E-state index contributed by atoms with van der Waals surface area (Å²) in [5, 5.41) is 10.2. The lowest BCUT2D eigenvalue weighted by atomic mass is 10.0. The summed E-state index contributed by atoms with van der Waals surface area (Å²) in [5.41, 5.74) is 5.08. The second-order valence-electron chi connectivity index (χ2n) is 5.40. The molecule has 0 spiro atoms. The molecule has 0 amide bonds. The van der Waals surface area contributed by atoms with E-state index in [0.717, 1.165) is 12.2 Å². The van der Waals surface area contributed by atoms with Crippen molar-refractivity contribution in [2.24, 2.45) is 0 Å². The number of rotatable bonds is 5. The fraction of sp³-hybridized carbons (Fsp3) is 0.333. The van der Waals surface area contributed by atoms with Crippen LogP contribution < -0.4 is 0 Å². The minimum absolute atomic E-state index is 0.302. The number of thioether (sulfide) groups is 1. The Morgan fingerprint density at radius 1 is 0.950 bits per heavy atom. The summed E-state index contributed by atoms with van der Waals surface area (Å²) in [7, 11) is 0. The molecule has 2 aromatic rings. The van der Waals surface area contributed by atoms with Gasteiger partial charge in [0.05, 0.1) is 6.10 Å². The second-order valence-corrected chi connectivity index (χ2v) is 6.49. The van der Waals surface area contributed by atoms with E-state index in [0.29, 0.717) is 0 Å². The van der Waals surface area contributed by atoms with Gasteiger partial charge in [0.15, 0.2) is 0 Å². The normalized spacial score (nSPS) is 12.4. The molecule has 0 saturated carbocycles. The van der Waals surface area contributed by atoms with Crippen molar-refractivity contribution in [2.75, 3.05) is 5.75 Å². The van der Waals surface area contributed by atoms with Gasteiger partial charge in [0, 0.05) is 10.6 Å². The molecular formula is C18H22OS. The molecule has 0 aliphatic carbocycles. The molecule has 2 aromatic carbocycles. The number of aryl methyl sites for hydroxylation is 3. The Bertz CT molecular complexity index is 560. The van der Waals surface area contributed by atoms with Gasteiger partial charge in [0.25, 0.3) is 0 Å². The number of aliphatic hydroxyl groups is 1. The first-order valence-corrected chi connectivity index (χ1v) is 7.97. The fourth-order valence-electron chi connectivity index (χ4n) is 2.09. The molecule has 0 saturated heterocycles. The van der Waals surface area contributed by atoms with Gasteiger partial charge in [0.2, 0.25) is 0 Å². The number of aliphatic hydroxyl groups excluding tert-OH is 1. The predicted octanol–water partition coefficient (Wildman–Crippen LogP) is 4.31. The van der Waals surface area contributed by atoms with Crippen LogP contribution in [0.4, 0.5) is 0 Å². The maximum absolute atomic E-state index is 10.2. The fourth-order valence-corrected chi connectivity index (χ4v) is 2.92. The van der Waals surface area contributed by atoms with Crippen LogP contribution in [0.15, 0.2) is 47.4 Å². The van der Waals surface area contributed by atoms with E-state index in [9.17, 15) is 5.11 Å². The number of benzene rings is 2. The smallest absolute Gasteiger partial charge is 0.0674 e. The summed E-state index contributed by atoms with van der Waals surface area (Å²) >= 11 is 1.71. The summed E-state index contributed by atoms with van der Waals surface area (Å²) in [6.07, 6.45) is 0.420. The molecule has 0 aliphatic rings. The van der Waals surface area contributed by atoms with E-state index in [1.54, 1.807) is 11.8 Å². The molecule has 0 aromatic heterocycles. The molecule has 1 nitrogen and oxygen atoms in total. The lowest BCUT2D eigenvalue weighted by Gasteiger charge is -2.12. The Hall–Kier alpha value is -1.25. The largest absolute Gasteiger partial charge is 0.392 e. The van der Waals surface area contributed by atoms with Crippen molar-refractivity contribution in [3.8, 4) is 0 Å². The lowest BCUT2D eigenvalue weighted by molar-refractivity contribution is 0.200. The van der Waals surface area contributed by atoms with Gasteiger partial charge in [-0.25, -0.2) is 0 Å². The summed E-state index contributed by atoms with van der Waals surface area (Å²) < 4.78 is 0. The van der Waals surface area contributed by atoms with Gasteiger partial charge in [-0.3, -0.25) is 0 Å². The van der Waals surface area contributed by atoms with Gasteiger partial charge in [-0.05, 0) is 56.0 Å². The van der Waals surface area contributed by atoms with Crippen LogP contribution in [-0.4, -0.2) is 17.0 Å². The molecule has 0 aliphatic heterocycles. The summed E-state index contributed by atoms with van der Waals surface area (Å²) in [6, 6.07) is 14.9. The van der Waals surface area contributed by atoms with Crippen molar-refractivity contribution in [1.29, 1.82) is 0 Å². The van der Waals surface area contributed by atoms with Crippen LogP contribution in [0.1, 0.15) is 22.3 Å². The van der Waals surface area contributed by atoms with Gasteiger partial charge in [-0.15, -0.1) is 11.8 Å². The van der Waals surface area contributed by atoms with Gasteiger partial charge in [0.1, 0.15) is 0 Å². The Morgan fingerprint density at radius 3 is 2.30 bits per heavy atom. The van der Waals surface area contributed by atoms with E-state index >= 15 is 0 Å². The van der Waals surface area contributed by atoms with E-state index in [1.807, 2.05) is 0 Å². The van der Waals surface area contributed by atoms with Crippen LogP contribution >= 0.6 is 11.8 Å². The Kier molecular flexibility index (Phi) is 5.27. The maximum atomic E-state index is 10.2. The third-order valence-electron chi connectivity index (χ3n) is 3.51. The SMILES string of the molecule is Cc1ccc(SCC(O)Cc2ccc(C)c(C)c2)cc1. The van der Waals surface area contributed by atoms with Crippen molar-refractivity contribution < 1.29 is 5.11 Å². The highest BCUT2D eigenvalue weighted by molar-refractivity contribution is 7.99. The highest BCUT2D eigenvalue weighted by Crippen LogP contribution is 2.20. The quantitative estimate of drug-likeness (QED) is 0.827. The van der Waals surface area contributed by atoms with Crippen LogP contribution in [0.25, 0.3) is 0 Å². The van der Waals surface area contributed by atoms with Gasteiger partial charge in [-0.1, -0.05) is 35.9 Å². The van der Waals surface area contributed by atoms with Gasteiger partial charge >= 0.3 is 0 Å². The average molecular weight is 286 g/mol. The third kappa shape index (κ3) is 4.39. The molecular weight excluding hydrogens is 264 g/mol. The first-order chi connectivity index (χ1) is 9.54. The number of hydrogen-bond donors (Lipinski definition) is 1. The molecule has 1 unspecified atom stereocenters. The summed E-state index contributed by atoms with van der Waals surface area (Å²) in [6.45, 7) is 6.32. The van der Waals surface area contributed by atoms with Crippen molar-refractivity contribution in [3.63, 3.8) is 0 Å². The van der Waals surface area contributed by atoms with Crippen molar-refractivity contribution in [1.82, 2.24) is 0 Å². The topological polar surface area (TPSA) is 20.2 Å². The molecule has 2 rings (SSSR count). The van der Waals surface area contributed by atoms with Crippen LogP contribution in [0, 0.1) is 20.8 Å². The molecule has 0 radical (unpaired) electrons. The standard InChI is InChI=1S/C18H22OS/c1-13-4-8-18(9-5-13)20-12-17(19)11-16-7-6-14(2)15(3)10-16/h4-10,17,19H,11-12H2,1-3H3. The molecule has 0 fully saturated rings. The van der Waals surface area contributed by atoms with Gasteiger partial charge < -0.3 is 5.11 Å². The Morgan fingerprint density at radius 2 is 1.65 bits per heavy atom. The average Bonchev–Trinajstić information content (AvgIpc) is 2.42. The third-order valence-corrected chi connectivity index (χ3v) is 4.66. The van der Waals surface area contributed by atoms with Gasteiger partial charge in [-0.2, -0.15) is 0 Å². The van der Waals surface area contributed by atoms with E-state index < -0.39 is 0 Å². The highest BCUT2D eigenvalue weighted by atomic mass is 32.2. The molecule has 1 N–H and O–H groups in total. The molecule has 1 atom stereocenters. The zero-order valence-electron chi connectivity index (χ0n) is 12.4. The molecule has 2 heteroatoms. The van der Waals surface area contributed by atoms with E-state index in [-0.39, 0.29) is 6.10 Å². The predicted molar refractivity (Wildman–Crippen MR) is 87.5 cm³/mol. The molecule has 0 bridgehead atoms. The molecule has 0 heterocycles. The zero-order chi connectivity index (χ0) is 14.5. The molecule has 20 heavy (non-hydrogen) atoms. The van der Waals surface area contributed by atoms with Crippen LogP contribution in [0.2, 0.25) is 0 Å². The maximum Gasteiger partial charge on any atom is 0.0674 e. The highest BCUT2D eigenvalue weighted by Gasteiger charge is 2.07. The first kappa shape index (κ1) is 15.1. The van der Waals surface area contributed by atoms with Crippen LogP contribution in [0.3, 0.4) is 0 Å². The Labute approximate surface area is 126 Å². The van der Waals surface area contributed by atoms with Crippen LogP contribution in [0.5, 0.6) is 0 Å². The first-order valence-electron chi connectivity index (χ1n) is 6.98. The van der Waals surface area contributed by atoms with E-state index in [1.165, 1.54) is 27.1 Å². The minimum atomic E-state index is -0.302. The molecule has 106 valence electrons. The lowest BCUT2D eigenvalue weighted by Crippen LogP contribution is -2.13.